The summed E-state index contributed by atoms with van der Waals surface area (Å²) in [6, 6.07) is 8.33. The molecule has 0 spiro atoms. The lowest BCUT2D eigenvalue weighted by Gasteiger charge is -2.31. The molecule has 0 unspecified atom stereocenters. The Morgan fingerprint density at radius 2 is 1.96 bits per heavy atom. The van der Waals surface area contributed by atoms with Gasteiger partial charge in [-0.2, -0.15) is 4.98 Å². The Bertz CT molecular complexity index is 777. The third-order valence-corrected chi connectivity index (χ3v) is 4.99. The zero-order valence-electron chi connectivity index (χ0n) is 16.4. The van der Waals surface area contributed by atoms with Crippen LogP contribution in [0.2, 0.25) is 0 Å². The van der Waals surface area contributed by atoms with Crippen molar-refractivity contribution < 1.29 is 10.2 Å². The average Bonchev–Trinajstić information content (AvgIpc) is 2.67. The minimum Gasteiger partial charge on any atom is -0.396 e. The maximum absolute atomic E-state index is 9.81. The minimum absolute atomic E-state index is 0.154. The number of rotatable bonds is 7. The normalized spacial score (nSPS) is 15.0. The SMILES string of the molecule is CC(C)c1cc(N2CCc3cc([C@@H](C)O)ccc3C2)nc(NCCCO)n1. The highest BCUT2D eigenvalue weighted by Crippen LogP contribution is 2.28. The average molecular weight is 370 g/mol. The molecule has 1 aromatic heterocycles. The van der Waals surface area contributed by atoms with Crippen LogP contribution in [-0.4, -0.2) is 39.9 Å². The van der Waals surface area contributed by atoms with Gasteiger partial charge in [-0.1, -0.05) is 32.0 Å². The zero-order valence-corrected chi connectivity index (χ0v) is 16.4. The largest absolute Gasteiger partial charge is 0.396 e. The second kappa shape index (κ2) is 8.67. The molecular weight excluding hydrogens is 340 g/mol. The van der Waals surface area contributed by atoms with Crippen LogP contribution < -0.4 is 10.2 Å². The fourth-order valence-corrected chi connectivity index (χ4v) is 3.30. The van der Waals surface area contributed by atoms with Crippen LogP contribution in [0, 0.1) is 0 Å². The van der Waals surface area contributed by atoms with E-state index in [1.807, 2.05) is 6.07 Å². The first-order valence-electron chi connectivity index (χ1n) is 9.76. The Balaban J connectivity index is 1.83. The predicted molar refractivity (Wildman–Crippen MR) is 108 cm³/mol. The molecule has 1 aromatic carbocycles. The molecule has 0 bridgehead atoms. The molecule has 27 heavy (non-hydrogen) atoms. The van der Waals surface area contributed by atoms with Crippen LogP contribution in [0.25, 0.3) is 0 Å². The van der Waals surface area contributed by atoms with Crippen molar-refractivity contribution in [3.05, 3.63) is 46.6 Å². The van der Waals surface area contributed by atoms with Gasteiger partial charge in [-0.25, -0.2) is 4.98 Å². The summed E-state index contributed by atoms with van der Waals surface area (Å²) in [4.78, 5) is 11.6. The number of aromatic nitrogens is 2. The zero-order chi connectivity index (χ0) is 19.4. The van der Waals surface area contributed by atoms with Gasteiger partial charge in [0.25, 0.3) is 0 Å². The summed E-state index contributed by atoms with van der Waals surface area (Å²) in [5.74, 6) is 1.88. The minimum atomic E-state index is -0.434. The van der Waals surface area contributed by atoms with Gasteiger partial charge in [-0.3, -0.25) is 0 Å². The molecule has 6 nitrogen and oxygen atoms in total. The molecule has 1 aliphatic heterocycles. The Labute approximate surface area is 161 Å². The third kappa shape index (κ3) is 4.76. The van der Waals surface area contributed by atoms with E-state index in [-0.39, 0.29) is 6.61 Å². The van der Waals surface area contributed by atoms with Crippen LogP contribution in [0.15, 0.2) is 24.3 Å². The van der Waals surface area contributed by atoms with Gasteiger partial charge in [0.2, 0.25) is 5.95 Å². The van der Waals surface area contributed by atoms with Crippen LogP contribution in [0.5, 0.6) is 0 Å². The van der Waals surface area contributed by atoms with E-state index in [9.17, 15) is 5.11 Å². The number of nitrogens with zero attached hydrogens (tertiary/aromatic N) is 3. The van der Waals surface area contributed by atoms with Gasteiger partial charge in [0.1, 0.15) is 5.82 Å². The molecule has 0 saturated heterocycles. The standard InChI is InChI=1S/C21H30N4O2/c1-14(2)19-12-20(24-21(23-19)22-8-4-10-26)25-9-7-17-11-16(15(3)27)5-6-18(17)13-25/h5-6,11-12,14-15,26-27H,4,7-10,13H2,1-3H3,(H,22,23,24)/t15-/m1/s1. The topological polar surface area (TPSA) is 81.5 Å². The first kappa shape index (κ1) is 19.6. The maximum Gasteiger partial charge on any atom is 0.224 e. The van der Waals surface area contributed by atoms with Crippen LogP contribution in [0.4, 0.5) is 11.8 Å². The summed E-state index contributed by atoms with van der Waals surface area (Å²) in [5.41, 5.74) is 4.58. The van der Waals surface area contributed by atoms with E-state index in [1.54, 1.807) is 6.92 Å². The van der Waals surface area contributed by atoms with E-state index < -0.39 is 6.10 Å². The van der Waals surface area contributed by atoms with Crippen LogP contribution in [0.1, 0.15) is 61.6 Å². The summed E-state index contributed by atoms with van der Waals surface area (Å²) in [6.45, 7) is 8.57. The van der Waals surface area contributed by atoms with Crippen molar-refractivity contribution >= 4 is 11.8 Å². The van der Waals surface area contributed by atoms with Gasteiger partial charge >= 0.3 is 0 Å². The number of benzene rings is 1. The van der Waals surface area contributed by atoms with E-state index in [0.717, 1.165) is 36.6 Å². The molecule has 3 rings (SSSR count). The predicted octanol–water partition coefficient (Wildman–Crippen LogP) is 3.01. The molecule has 1 aliphatic rings. The molecule has 146 valence electrons. The molecule has 0 fully saturated rings. The summed E-state index contributed by atoms with van der Waals surface area (Å²) in [7, 11) is 0. The van der Waals surface area contributed by atoms with Crippen LogP contribution in [-0.2, 0) is 13.0 Å². The van der Waals surface area contributed by atoms with Gasteiger partial charge in [0.05, 0.1) is 11.8 Å². The highest BCUT2D eigenvalue weighted by Gasteiger charge is 2.20. The quantitative estimate of drug-likeness (QED) is 0.650. The highest BCUT2D eigenvalue weighted by atomic mass is 16.3. The monoisotopic (exact) mass is 370 g/mol. The van der Waals surface area contributed by atoms with Crippen LogP contribution in [0.3, 0.4) is 0 Å². The third-order valence-electron chi connectivity index (χ3n) is 4.99. The van der Waals surface area contributed by atoms with E-state index in [0.29, 0.717) is 24.8 Å². The Morgan fingerprint density at radius 3 is 2.67 bits per heavy atom. The van der Waals surface area contributed by atoms with Crippen molar-refractivity contribution in [3.8, 4) is 0 Å². The summed E-state index contributed by atoms with van der Waals surface area (Å²) >= 11 is 0. The van der Waals surface area contributed by atoms with Gasteiger partial charge in [0, 0.05) is 32.3 Å². The van der Waals surface area contributed by atoms with Gasteiger partial charge in [0.15, 0.2) is 0 Å². The molecule has 0 radical (unpaired) electrons. The lowest BCUT2D eigenvalue weighted by atomic mass is 9.95. The second-order valence-electron chi connectivity index (χ2n) is 7.51. The molecule has 0 aliphatic carbocycles. The number of aliphatic hydroxyl groups is 2. The Kier molecular flexibility index (Phi) is 6.29. The second-order valence-corrected chi connectivity index (χ2v) is 7.51. The Hall–Kier alpha value is -2.18. The van der Waals surface area contributed by atoms with E-state index in [4.69, 9.17) is 10.1 Å². The lowest BCUT2D eigenvalue weighted by Crippen LogP contribution is -2.31. The van der Waals surface area contributed by atoms with Crippen molar-refractivity contribution in [1.29, 1.82) is 0 Å². The first-order valence-corrected chi connectivity index (χ1v) is 9.76. The molecule has 0 amide bonds. The number of nitrogens with one attached hydrogen (secondary N) is 1. The number of hydrogen-bond donors (Lipinski definition) is 3. The van der Waals surface area contributed by atoms with Crippen molar-refractivity contribution in [1.82, 2.24) is 9.97 Å². The fourth-order valence-electron chi connectivity index (χ4n) is 3.30. The highest BCUT2D eigenvalue weighted by molar-refractivity contribution is 5.49. The number of anilines is 2. The van der Waals surface area contributed by atoms with Gasteiger partial charge in [-0.05, 0) is 42.4 Å². The number of fused-ring (bicyclic) bond motifs is 1. The van der Waals surface area contributed by atoms with Gasteiger partial charge < -0.3 is 20.4 Å². The molecule has 6 heteroatoms. The summed E-state index contributed by atoms with van der Waals surface area (Å²) < 4.78 is 0. The fraction of sp³-hybridized carbons (Fsp3) is 0.524. The Morgan fingerprint density at radius 1 is 1.15 bits per heavy atom. The van der Waals surface area contributed by atoms with E-state index >= 15 is 0 Å². The number of aliphatic hydroxyl groups excluding tert-OH is 2. The summed E-state index contributed by atoms with van der Waals surface area (Å²) in [5, 5.41) is 22.0. The molecule has 0 saturated carbocycles. The maximum atomic E-state index is 9.81. The molecular formula is C21H30N4O2. The van der Waals surface area contributed by atoms with Crippen LogP contribution >= 0.6 is 0 Å². The molecule has 3 N–H and O–H groups in total. The number of hydrogen-bond acceptors (Lipinski definition) is 6. The van der Waals surface area contributed by atoms with Crippen molar-refractivity contribution in [2.45, 2.75) is 52.2 Å². The van der Waals surface area contributed by atoms with E-state index in [1.165, 1.54) is 11.1 Å². The van der Waals surface area contributed by atoms with Crippen molar-refractivity contribution in [2.24, 2.45) is 0 Å². The molecule has 1 atom stereocenters. The molecule has 2 aromatic rings. The smallest absolute Gasteiger partial charge is 0.224 e. The van der Waals surface area contributed by atoms with Gasteiger partial charge in [-0.15, -0.1) is 0 Å². The van der Waals surface area contributed by atoms with Crippen molar-refractivity contribution in [3.63, 3.8) is 0 Å². The first-order chi connectivity index (χ1) is 13.0. The summed E-state index contributed by atoms with van der Waals surface area (Å²) in [6.07, 6.45) is 1.17. The van der Waals surface area contributed by atoms with Crippen molar-refractivity contribution in [2.75, 3.05) is 29.9 Å². The van der Waals surface area contributed by atoms with E-state index in [2.05, 4.69) is 47.2 Å². The molecule has 2 heterocycles. The lowest BCUT2D eigenvalue weighted by molar-refractivity contribution is 0.199.